The van der Waals surface area contributed by atoms with Gasteiger partial charge in [-0.2, -0.15) is 0 Å². The smallest absolute Gasteiger partial charge is 0.0584 e. The van der Waals surface area contributed by atoms with Crippen LogP contribution in [0.2, 0.25) is 0 Å². The summed E-state index contributed by atoms with van der Waals surface area (Å²) in [6, 6.07) is 0. The highest BCUT2D eigenvalue weighted by molar-refractivity contribution is 7.78. The molecule has 1 saturated carbocycles. The molecule has 1 aliphatic carbocycles. The van der Waals surface area contributed by atoms with Crippen LogP contribution in [0, 0.1) is 5.92 Å². The zero-order valence-corrected chi connectivity index (χ0v) is 9.11. The molecule has 0 atom stereocenters. The first-order valence-electron chi connectivity index (χ1n) is 5.47. The van der Waals surface area contributed by atoms with Gasteiger partial charge in [0.2, 0.25) is 0 Å². The van der Waals surface area contributed by atoms with Crippen molar-refractivity contribution in [1.82, 2.24) is 0 Å². The minimum Gasteiger partial charge on any atom is -0.233 e. The van der Waals surface area contributed by atoms with E-state index < -0.39 is 0 Å². The number of nitrogens with zero attached hydrogens (tertiary/aromatic N) is 1. The average molecular weight is 197 g/mol. The fourth-order valence-electron chi connectivity index (χ4n) is 2.15. The molecule has 0 radical (unpaired) electrons. The van der Waals surface area contributed by atoms with Crippen molar-refractivity contribution in [3.05, 3.63) is 0 Å². The van der Waals surface area contributed by atoms with E-state index in [2.05, 4.69) is 22.4 Å². The van der Waals surface area contributed by atoms with Crippen LogP contribution < -0.4 is 0 Å². The monoisotopic (exact) mass is 197 g/mol. The molecule has 0 spiro atoms. The normalized spacial score (nSPS) is 18.2. The molecule has 1 aliphatic rings. The van der Waals surface area contributed by atoms with E-state index in [4.69, 9.17) is 0 Å². The topological polar surface area (TPSA) is 12.4 Å². The second-order valence-electron chi connectivity index (χ2n) is 3.97. The highest BCUT2D eigenvalue weighted by Crippen LogP contribution is 2.27. The Morgan fingerprint density at radius 1 is 1.15 bits per heavy atom. The fraction of sp³-hybridized carbons (Fsp3) is 0.909. The molecule has 2 heteroatoms. The van der Waals surface area contributed by atoms with Crippen molar-refractivity contribution in [3.63, 3.8) is 0 Å². The Kier molecular flexibility index (Phi) is 6.05. The van der Waals surface area contributed by atoms with Crippen LogP contribution in [0.25, 0.3) is 0 Å². The Balaban J connectivity index is 1.94. The van der Waals surface area contributed by atoms with Crippen molar-refractivity contribution in [1.29, 1.82) is 0 Å². The molecule has 0 heterocycles. The minimum absolute atomic E-state index is 0.885. The lowest BCUT2D eigenvalue weighted by Crippen LogP contribution is -2.05. The number of hydrogen-bond donors (Lipinski definition) is 0. The van der Waals surface area contributed by atoms with Gasteiger partial charge in [0.15, 0.2) is 0 Å². The van der Waals surface area contributed by atoms with E-state index >= 15 is 0 Å². The van der Waals surface area contributed by atoms with Crippen molar-refractivity contribution in [3.8, 4) is 0 Å². The predicted molar refractivity (Wildman–Crippen MR) is 60.3 cm³/mol. The molecule has 0 N–H and O–H groups in total. The Morgan fingerprint density at radius 2 is 1.92 bits per heavy atom. The van der Waals surface area contributed by atoms with Gasteiger partial charge in [-0.25, -0.2) is 4.99 Å². The first-order chi connectivity index (χ1) is 6.43. The highest BCUT2D eigenvalue weighted by Gasteiger charge is 2.12. The molecule has 0 unspecified atom stereocenters. The standard InChI is InChI=1S/C11H19NS/c13-10-12-9-5-4-8-11-6-2-1-3-7-11/h11H,1-9H2. The first kappa shape index (κ1) is 10.9. The summed E-state index contributed by atoms with van der Waals surface area (Å²) in [7, 11) is 0. The summed E-state index contributed by atoms with van der Waals surface area (Å²) in [5, 5.41) is 2.41. The van der Waals surface area contributed by atoms with Gasteiger partial charge in [-0.15, -0.1) is 0 Å². The van der Waals surface area contributed by atoms with Crippen LogP contribution in [-0.4, -0.2) is 11.7 Å². The summed E-state index contributed by atoms with van der Waals surface area (Å²) in [5.41, 5.74) is 0. The maximum absolute atomic E-state index is 4.51. The van der Waals surface area contributed by atoms with Crippen LogP contribution >= 0.6 is 12.2 Å². The molecule has 1 nitrogen and oxygen atoms in total. The van der Waals surface area contributed by atoms with Crippen molar-refractivity contribution in [2.45, 2.75) is 51.4 Å². The summed E-state index contributed by atoms with van der Waals surface area (Å²) in [4.78, 5) is 3.92. The number of aliphatic imine (C=N–C) groups is 1. The number of rotatable bonds is 5. The van der Waals surface area contributed by atoms with Gasteiger partial charge in [-0.05, 0) is 24.6 Å². The van der Waals surface area contributed by atoms with E-state index in [0.717, 1.165) is 12.5 Å². The lowest BCUT2D eigenvalue weighted by molar-refractivity contribution is 0.330. The van der Waals surface area contributed by atoms with Crippen LogP contribution in [-0.2, 0) is 0 Å². The van der Waals surface area contributed by atoms with E-state index in [-0.39, 0.29) is 0 Å². The summed E-state index contributed by atoms with van der Waals surface area (Å²) in [6.45, 7) is 0.885. The second kappa shape index (κ2) is 7.23. The molecular formula is C11H19NS. The van der Waals surface area contributed by atoms with Gasteiger partial charge in [0, 0.05) is 6.54 Å². The van der Waals surface area contributed by atoms with Crippen LogP contribution in [0.15, 0.2) is 4.99 Å². The molecule has 0 aromatic heterocycles. The molecule has 0 aromatic rings. The van der Waals surface area contributed by atoms with Crippen LogP contribution in [0.5, 0.6) is 0 Å². The van der Waals surface area contributed by atoms with Crippen LogP contribution in [0.4, 0.5) is 0 Å². The largest absolute Gasteiger partial charge is 0.233 e. The zero-order valence-electron chi connectivity index (χ0n) is 8.30. The summed E-state index contributed by atoms with van der Waals surface area (Å²) >= 11 is 4.51. The molecule has 13 heavy (non-hydrogen) atoms. The summed E-state index contributed by atoms with van der Waals surface area (Å²) < 4.78 is 0. The van der Waals surface area contributed by atoms with Gasteiger partial charge in [-0.1, -0.05) is 44.9 Å². The van der Waals surface area contributed by atoms with Crippen molar-refractivity contribution >= 4 is 17.4 Å². The quantitative estimate of drug-likeness (QED) is 0.370. The molecule has 0 saturated heterocycles. The molecule has 74 valence electrons. The van der Waals surface area contributed by atoms with Gasteiger partial charge in [0.25, 0.3) is 0 Å². The molecule has 1 rings (SSSR count). The summed E-state index contributed by atoms with van der Waals surface area (Å²) in [6.07, 6.45) is 11.3. The molecule has 0 bridgehead atoms. The van der Waals surface area contributed by atoms with E-state index in [1.165, 1.54) is 51.4 Å². The van der Waals surface area contributed by atoms with E-state index in [1.54, 1.807) is 0 Å². The first-order valence-corrected chi connectivity index (χ1v) is 5.88. The minimum atomic E-state index is 0.885. The molecular weight excluding hydrogens is 178 g/mol. The summed E-state index contributed by atoms with van der Waals surface area (Å²) in [5.74, 6) is 1.02. The third-order valence-corrected chi connectivity index (χ3v) is 3.05. The van der Waals surface area contributed by atoms with Crippen molar-refractivity contribution in [2.75, 3.05) is 6.54 Å². The van der Waals surface area contributed by atoms with Gasteiger partial charge in [0.1, 0.15) is 0 Å². The van der Waals surface area contributed by atoms with E-state index in [0.29, 0.717) is 0 Å². The van der Waals surface area contributed by atoms with E-state index in [9.17, 15) is 0 Å². The number of hydrogen-bond acceptors (Lipinski definition) is 2. The molecule has 1 fully saturated rings. The zero-order chi connectivity index (χ0) is 9.36. The van der Waals surface area contributed by atoms with Crippen molar-refractivity contribution in [2.24, 2.45) is 10.9 Å². The molecule has 0 aliphatic heterocycles. The van der Waals surface area contributed by atoms with Gasteiger partial charge >= 0.3 is 0 Å². The Labute approximate surface area is 86.6 Å². The lowest BCUT2D eigenvalue weighted by Gasteiger charge is -2.20. The Morgan fingerprint density at radius 3 is 2.62 bits per heavy atom. The predicted octanol–water partition coefficient (Wildman–Crippen LogP) is 3.84. The third kappa shape index (κ3) is 5.17. The molecule has 0 amide bonds. The molecule has 0 aromatic carbocycles. The van der Waals surface area contributed by atoms with Gasteiger partial charge < -0.3 is 0 Å². The number of thiocarbonyl (C=S) groups is 1. The second-order valence-corrected chi connectivity index (χ2v) is 4.16. The SMILES string of the molecule is S=C=NCCCCC1CCCCC1. The third-order valence-electron chi connectivity index (χ3n) is 2.92. The van der Waals surface area contributed by atoms with Gasteiger partial charge in [0.05, 0.1) is 5.16 Å². The number of isothiocyanates is 1. The van der Waals surface area contributed by atoms with Crippen LogP contribution in [0.3, 0.4) is 0 Å². The fourth-order valence-corrected chi connectivity index (χ4v) is 2.24. The maximum Gasteiger partial charge on any atom is 0.0584 e. The van der Waals surface area contributed by atoms with Crippen molar-refractivity contribution < 1.29 is 0 Å². The van der Waals surface area contributed by atoms with Crippen LogP contribution in [0.1, 0.15) is 51.4 Å². The lowest BCUT2D eigenvalue weighted by atomic mass is 9.86. The van der Waals surface area contributed by atoms with E-state index in [1.807, 2.05) is 0 Å². The number of unbranched alkanes of at least 4 members (excludes halogenated alkanes) is 1. The average Bonchev–Trinajstić information content (AvgIpc) is 2.19. The Hall–Kier alpha value is -0.200. The Bertz CT molecular complexity index is 167. The van der Waals surface area contributed by atoms with Gasteiger partial charge in [-0.3, -0.25) is 0 Å². The maximum atomic E-state index is 4.51. The highest BCUT2D eigenvalue weighted by atomic mass is 32.1.